The Morgan fingerprint density at radius 2 is 1.67 bits per heavy atom. The largest absolute Gasteiger partial charge is 0.444 e. The lowest BCUT2D eigenvalue weighted by Gasteiger charge is -2.38. The first-order valence-electron chi connectivity index (χ1n) is 9.74. The highest BCUT2D eigenvalue weighted by Gasteiger charge is 2.31. The van der Waals surface area contributed by atoms with E-state index in [1.807, 2.05) is 52.1 Å². The Labute approximate surface area is 163 Å². The molecule has 5 nitrogen and oxygen atoms in total. The first kappa shape index (κ1) is 21.3. The molecule has 2 amide bonds. The molecular formula is C22H34N2O3. The number of hydrogen-bond acceptors (Lipinski definition) is 3. The van der Waals surface area contributed by atoms with Crippen molar-refractivity contribution in [2.45, 2.75) is 71.4 Å². The summed E-state index contributed by atoms with van der Waals surface area (Å²) in [5.74, 6) is -0.00787. The van der Waals surface area contributed by atoms with E-state index >= 15 is 0 Å². The Morgan fingerprint density at radius 1 is 1.07 bits per heavy atom. The molecule has 0 radical (unpaired) electrons. The van der Waals surface area contributed by atoms with E-state index in [1.54, 1.807) is 9.80 Å². The summed E-state index contributed by atoms with van der Waals surface area (Å²) in [6, 6.07) is 7.84. The summed E-state index contributed by atoms with van der Waals surface area (Å²) < 4.78 is 5.48. The van der Waals surface area contributed by atoms with E-state index in [2.05, 4.69) is 20.8 Å². The van der Waals surface area contributed by atoms with Gasteiger partial charge < -0.3 is 14.5 Å². The second-order valence-electron chi connectivity index (χ2n) is 9.47. The first-order valence-corrected chi connectivity index (χ1v) is 9.74. The molecular weight excluding hydrogens is 340 g/mol. The molecule has 1 unspecified atom stereocenters. The molecule has 0 bridgehead atoms. The molecule has 1 aliphatic heterocycles. The van der Waals surface area contributed by atoms with Crippen LogP contribution in [0.5, 0.6) is 0 Å². The Morgan fingerprint density at radius 3 is 2.19 bits per heavy atom. The number of carbonyl (C=O) groups is 2. The number of carbonyl (C=O) groups excluding carboxylic acids is 2. The van der Waals surface area contributed by atoms with Crippen molar-refractivity contribution < 1.29 is 14.3 Å². The van der Waals surface area contributed by atoms with Gasteiger partial charge in [0, 0.05) is 31.7 Å². The Bertz CT molecular complexity index is 668. The molecule has 0 N–H and O–H groups in total. The van der Waals surface area contributed by atoms with Crippen LogP contribution in [0.3, 0.4) is 0 Å². The van der Waals surface area contributed by atoms with Crippen molar-refractivity contribution in [1.82, 2.24) is 9.80 Å². The summed E-state index contributed by atoms with van der Waals surface area (Å²) in [6.45, 7) is 13.2. The number of nitrogens with zero attached hydrogens (tertiary/aromatic N) is 2. The van der Waals surface area contributed by atoms with Crippen LogP contribution >= 0.6 is 0 Å². The lowest BCUT2D eigenvalue weighted by Crippen LogP contribution is -2.51. The predicted molar refractivity (Wildman–Crippen MR) is 108 cm³/mol. The van der Waals surface area contributed by atoms with Crippen LogP contribution in [0.15, 0.2) is 24.3 Å². The molecule has 1 saturated heterocycles. The SMILES string of the molecule is CN(C(=O)c1ccc(C(C)(C)C)cc1)C1CCCN(C(=O)OC(C)(C)C)C1. The monoisotopic (exact) mass is 374 g/mol. The van der Waals surface area contributed by atoms with Gasteiger partial charge in [0.15, 0.2) is 0 Å². The fourth-order valence-corrected chi connectivity index (χ4v) is 3.25. The van der Waals surface area contributed by atoms with Crippen LogP contribution in [-0.4, -0.2) is 53.6 Å². The summed E-state index contributed by atoms with van der Waals surface area (Å²) in [7, 11) is 1.82. The third-order valence-electron chi connectivity index (χ3n) is 4.91. The molecule has 1 aliphatic rings. The van der Waals surface area contributed by atoms with Crippen LogP contribution in [0.4, 0.5) is 4.79 Å². The first-order chi connectivity index (χ1) is 12.4. The molecule has 1 heterocycles. The van der Waals surface area contributed by atoms with Crippen molar-refractivity contribution in [2.75, 3.05) is 20.1 Å². The summed E-state index contributed by atoms with van der Waals surface area (Å²) in [5.41, 5.74) is 1.43. The number of hydrogen-bond donors (Lipinski definition) is 0. The fraction of sp³-hybridized carbons (Fsp3) is 0.636. The number of benzene rings is 1. The minimum atomic E-state index is -0.513. The maximum absolute atomic E-state index is 12.9. The van der Waals surface area contributed by atoms with Gasteiger partial charge in [0.05, 0.1) is 0 Å². The summed E-state index contributed by atoms with van der Waals surface area (Å²) in [4.78, 5) is 28.7. The zero-order chi connectivity index (χ0) is 20.4. The van der Waals surface area contributed by atoms with Crippen molar-refractivity contribution in [2.24, 2.45) is 0 Å². The van der Waals surface area contributed by atoms with Gasteiger partial charge in [-0.25, -0.2) is 4.79 Å². The average molecular weight is 375 g/mol. The van der Waals surface area contributed by atoms with Crippen LogP contribution in [0, 0.1) is 0 Å². The molecule has 5 heteroatoms. The second kappa shape index (κ2) is 7.91. The van der Waals surface area contributed by atoms with Gasteiger partial charge >= 0.3 is 6.09 Å². The standard InChI is InChI=1S/C22H34N2O3/c1-21(2,3)17-12-10-16(11-13-17)19(25)23(7)18-9-8-14-24(15-18)20(26)27-22(4,5)6/h10-13,18H,8-9,14-15H2,1-7H3. The van der Waals surface area contributed by atoms with Crippen molar-refractivity contribution >= 4 is 12.0 Å². The zero-order valence-electron chi connectivity index (χ0n) is 17.8. The third kappa shape index (κ3) is 5.72. The van der Waals surface area contributed by atoms with Gasteiger partial charge in [-0.1, -0.05) is 32.9 Å². The molecule has 1 aromatic rings. The number of rotatable bonds is 2. The van der Waals surface area contributed by atoms with E-state index < -0.39 is 5.60 Å². The number of ether oxygens (including phenoxy) is 1. The van der Waals surface area contributed by atoms with Gasteiger partial charge in [-0.2, -0.15) is 0 Å². The molecule has 0 aliphatic carbocycles. The van der Waals surface area contributed by atoms with E-state index in [9.17, 15) is 9.59 Å². The lowest BCUT2D eigenvalue weighted by molar-refractivity contribution is 0.0123. The molecule has 1 aromatic carbocycles. The highest BCUT2D eigenvalue weighted by Crippen LogP contribution is 2.24. The molecule has 0 aromatic heterocycles. The Hall–Kier alpha value is -2.04. The molecule has 1 fully saturated rings. The second-order valence-corrected chi connectivity index (χ2v) is 9.47. The number of piperidine rings is 1. The van der Waals surface area contributed by atoms with Crippen LogP contribution < -0.4 is 0 Å². The van der Waals surface area contributed by atoms with Crippen LogP contribution in [-0.2, 0) is 10.2 Å². The highest BCUT2D eigenvalue weighted by atomic mass is 16.6. The molecule has 0 spiro atoms. The van der Waals surface area contributed by atoms with Crippen molar-refractivity contribution in [3.8, 4) is 0 Å². The quantitative estimate of drug-likeness (QED) is 0.768. The lowest BCUT2D eigenvalue weighted by atomic mass is 9.86. The Balaban J connectivity index is 2.04. The predicted octanol–water partition coefficient (Wildman–Crippen LogP) is 4.46. The van der Waals surface area contributed by atoms with E-state index in [-0.39, 0.29) is 23.5 Å². The minimum absolute atomic E-state index is 0.000982. The summed E-state index contributed by atoms with van der Waals surface area (Å²) in [6.07, 6.45) is 1.45. The molecule has 27 heavy (non-hydrogen) atoms. The summed E-state index contributed by atoms with van der Waals surface area (Å²) >= 11 is 0. The number of likely N-dealkylation sites (N-methyl/N-ethyl adjacent to an activating group) is 1. The smallest absolute Gasteiger partial charge is 0.410 e. The van der Waals surface area contributed by atoms with Crippen molar-refractivity contribution in [3.63, 3.8) is 0 Å². The van der Waals surface area contributed by atoms with E-state index in [0.717, 1.165) is 12.8 Å². The normalized spacial score (nSPS) is 18.2. The topological polar surface area (TPSA) is 49.9 Å². The van der Waals surface area contributed by atoms with E-state index in [4.69, 9.17) is 4.74 Å². The van der Waals surface area contributed by atoms with Gasteiger partial charge in [-0.3, -0.25) is 4.79 Å². The number of amides is 2. The molecule has 150 valence electrons. The van der Waals surface area contributed by atoms with Gasteiger partial charge in [-0.15, -0.1) is 0 Å². The average Bonchev–Trinajstić information content (AvgIpc) is 2.58. The van der Waals surface area contributed by atoms with E-state index in [0.29, 0.717) is 18.7 Å². The van der Waals surface area contributed by atoms with E-state index in [1.165, 1.54) is 5.56 Å². The maximum atomic E-state index is 12.9. The zero-order valence-corrected chi connectivity index (χ0v) is 17.8. The molecule has 1 atom stereocenters. The fourth-order valence-electron chi connectivity index (χ4n) is 3.25. The van der Waals surface area contributed by atoms with Crippen molar-refractivity contribution in [3.05, 3.63) is 35.4 Å². The maximum Gasteiger partial charge on any atom is 0.410 e. The highest BCUT2D eigenvalue weighted by molar-refractivity contribution is 5.94. The van der Waals surface area contributed by atoms with Crippen molar-refractivity contribution in [1.29, 1.82) is 0 Å². The van der Waals surface area contributed by atoms with Gasteiger partial charge in [0.2, 0.25) is 0 Å². The van der Waals surface area contributed by atoms with Crippen LogP contribution in [0.1, 0.15) is 70.3 Å². The van der Waals surface area contributed by atoms with Gasteiger partial charge in [0.25, 0.3) is 5.91 Å². The van der Waals surface area contributed by atoms with Crippen LogP contribution in [0.25, 0.3) is 0 Å². The van der Waals surface area contributed by atoms with Gasteiger partial charge in [0.1, 0.15) is 5.60 Å². The third-order valence-corrected chi connectivity index (χ3v) is 4.91. The molecule has 2 rings (SSSR count). The molecule has 0 saturated carbocycles. The van der Waals surface area contributed by atoms with Crippen LogP contribution in [0.2, 0.25) is 0 Å². The van der Waals surface area contributed by atoms with Gasteiger partial charge in [-0.05, 0) is 56.7 Å². The number of likely N-dealkylation sites (tertiary alicyclic amines) is 1. The Kier molecular flexibility index (Phi) is 6.23. The summed E-state index contributed by atoms with van der Waals surface area (Å²) in [5, 5.41) is 0. The minimum Gasteiger partial charge on any atom is -0.444 e.